The maximum Gasteiger partial charge on any atom is 0.323 e. The van der Waals surface area contributed by atoms with Crippen molar-refractivity contribution in [3.63, 3.8) is 0 Å². The Morgan fingerprint density at radius 3 is 2.21 bits per heavy atom. The van der Waals surface area contributed by atoms with Gasteiger partial charge in [0.2, 0.25) is 0 Å². The Hall–Kier alpha value is -4.46. The Balaban J connectivity index is 1.48. The maximum absolute atomic E-state index is 12.9. The van der Waals surface area contributed by atoms with Crippen LogP contribution in [0.25, 0.3) is 5.69 Å². The zero-order valence-electron chi connectivity index (χ0n) is 18.6. The van der Waals surface area contributed by atoms with Crippen LogP contribution in [0.5, 0.6) is 0 Å². The lowest BCUT2D eigenvalue weighted by atomic mass is 10.1. The van der Waals surface area contributed by atoms with Crippen LogP contribution in [0.2, 0.25) is 0 Å². The smallest absolute Gasteiger partial charge is 0.320 e. The summed E-state index contributed by atoms with van der Waals surface area (Å²) in [6, 6.07) is 21.9. The summed E-state index contributed by atoms with van der Waals surface area (Å²) in [5.74, 6) is -0.375. The minimum Gasteiger partial charge on any atom is -0.320 e. The molecule has 0 bridgehead atoms. The summed E-state index contributed by atoms with van der Waals surface area (Å²) in [7, 11) is 0. The van der Waals surface area contributed by atoms with Crippen LogP contribution in [-0.4, -0.2) is 26.9 Å². The monoisotopic (exact) mass is 440 g/mol. The molecule has 4 rings (SSSR count). The van der Waals surface area contributed by atoms with Crippen LogP contribution in [0.15, 0.2) is 72.8 Å². The first-order valence-corrected chi connectivity index (χ1v) is 10.4. The molecule has 0 unspecified atom stereocenters. The molecule has 33 heavy (non-hydrogen) atoms. The highest BCUT2D eigenvalue weighted by molar-refractivity contribution is 6.05. The molecule has 0 fully saturated rings. The highest BCUT2D eigenvalue weighted by Crippen LogP contribution is 2.22. The van der Waals surface area contributed by atoms with Gasteiger partial charge in [-0.2, -0.15) is 0 Å². The number of urea groups is 1. The summed E-state index contributed by atoms with van der Waals surface area (Å²) in [5.41, 5.74) is 5.47. The summed E-state index contributed by atoms with van der Waals surface area (Å²) < 4.78 is 1.63. The fraction of sp³-hybridized carbons (Fsp3) is 0.120. The number of anilines is 3. The van der Waals surface area contributed by atoms with E-state index in [0.717, 1.165) is 16.8 Å². The van der Waals surface area contributed by atoms with E-state index in [-0.39, 0.29) is 17.6 Å². The SMILES string of the molecule is Cc1ccc(-n2nnc(C(=O)Nc3cc(NC(=O)Nc4ccccc4)ccc3C)c2C)cc1. The van der Waals surface area contributed by atoms with Crippen molar-refractivity contribution in [1.29, 1.82) is 0 Å². The molecule has 0 saturated carbocycles. The molecule has 0 saturated heterocycles. The number of para-hydroxylation sites is 1. The second-order valence-corrected chi connectivity index (χ2v) is 7.70. The number of nitrogens with one attached hydrogen (secondary N) is 3. The zero-order valence-corrected chi connectivity index (χ0v) is 18.6. The van der Waals surface area contributed by atoms with Crippen LogP contribution in [0.1, 0.15) is 27.3 Å². The summed E-state index contributed by atoms with van der Waals surface area (Å²) in [4.78, 5) is 25.2. The van der Waals surface area contributed by atoms with Crippen molar-refractivity contribution < 1.29 is 9.59 Å². The average molecular weight is 441 g/mol. The molecule has 0 aliphatic rings. The van der Waals surface area contributed by atoms with E-state index in [4.69, 9.17) is 0 Å². The molecule has 1 aromatic heterocycles. The molecule has 0 radical (unpaired) electrons. The van der Waals surface area contributed by atoms with E-state index in [1.54, 1.807) is 35.9 Å². The Bertz CT molecular complexity index is 1300. The lowest BCUT2D eigenvalue weighted by Gasteiger charge is -2.12. The first-order chi connectivity index (χ1) is 15.9. The van der Waals surface area contributed by atoms with Crippen LogP contribution in [-0.2, 0) is 0 Å². The predicted molar refractivity (Wildman–Crippen MR) is 129 cm³/mol. The van der Waals surface area contributed by atoms with Crippen LogP contribution in [0, 0.1) is 20.8 Å². The van der Waals surface area contributed by atoms with Gasteiger partial charge in [0, 0.05) is 17.1 Å². The molecule has 3 aromatic carbocycles. The highest BCUT2D eigenvalue weighted by atomic mass is 16.2. The third-order valence-corrected chi connectivity index (χ3v) is 5.16. The molecule has 0 aliphatic heterocycles. The quantitative estimate of drug-likeness (QED) is 0.402. The molecular weight excluding hydrogens is 416 g/mol. The van der Waals surface area contributed by atoms with Crippen LogP contribution >= 0.6 is 0 Å². The van der Waals surface area contributed by atoms with E-state index in [2.05, 4.69) is 26.3 Å². The third-order valence-electron chi connectivity index (χ3n) is 5.16. The van der Waals surface area contributed by atoms with Gasteiger partial charge in [0.05, 0.1) is 11.4 Å². The van der Waals surface area contributed by atoms with Gasteiger partial charge in [-0.3, -0.25) is 4.79 Å². The summed E-state index contributed by atoms with van der Waals surface area (Å²) in [6.07, 6.45) is 0. The summed E-state index contributed by atoms with van der Waals surface area (Å²) in [5, 5.41) is 16.6. The standard InChI is InChI=1S/C25H24N6O2/c1-16-9-13-21(14-10-16)31-18(3)23(29-30-31)24(32)28-22-15-20(12-11-17(22)2)27-25(33)26-19-7-5-4-6-8-19/h4-15H,1-3H3,(H,28,32)(H2,26,27,33). The third kappa shape index (κ3) is 5.07. The molecule has 8 nitrogen and oxygen atoms in total. The van der Waals surface area contributed by atoms with Gasteiger partial charge >= 0.3 is 6.03 Å². The first kappa shape index (κ1) is 21.8. The van der Waals surface area contributed by atoms with Crippen LogP contribution in [0.3, 0.4) is 0 Å². The van der Waals surface area contributed by atoms with Gasteiger partial charge in [-0.15, -0.1) is 5.10 Å². The van der Waals surface area contributed by atoms with Crippen LogP contribution in [0.4, 0.5) is 21.9 Å². The Labute approximate surface area is 191 Å². The van der Waals surface area contributed by atoms with E-state index >= 15 is 0 Å². The van der Waals surface area contributed by atoms with Gasteiger partial charge in [-0.1, -0.05) is 47.2 Å². The Morgan fingerprint density at radius 1 is 0.788 bits per heavy atom. The Kier molecular flexibility index (Phi) is 6.17. The summed E-state index contributed by atoms with van der Waals surface area (Å²) in [6.45, 7) is 5.68. The number of aryl methyl sites for hydroxylation is 2. The Morgan fingerprint density at radius 2 is 1.48 bits per heavy atom. The topological polar surface area (TPSA) is 101 Å². The molecule has 0 aliphatic carbocycles. The molecule has 166 valence electrons. The fourth-order valence-electron chi connectivity index (χ4n) is 3.30. The van der Waals surface area contributed by atoms with Gasteiger partial charge in [0.1, 0.15) is 0 Å². The second-order valence-electron chi connectivity index (χ2n) is 7.70. The molecule has 3 N–H and O–H groups in total. The largest absolute Gasteiger partial charge is 0.323 e. The molecule has 4 aromatic rings. The fourth-order valence-corrected chi connectivity index (χ4v) is 3.30. The second kappa shape index (κ2) is 9.35. The minimum atomic E-state index is -0.376. The summed E-state index contributed by atoms with van der Waals surface area (Å²) >= 11 is 0. The lowest BCUT2D eigenvalue weighted by Crippen LogP contribution is -2.20. The van der Waals surface area contributed by atoms with Gasteiger partial charge in [-0.05, 0) is 62.7 Å². The van der Waals surface area contributed by atoms with Gasteiger partial charge in [0.15, 0.2) is 5.69 Å². The average Bonchev–Trinajstić information content (AvgIpc) is 3.18. The number of hydrogen-bond donors (Lipinski definition) is 3. The van der Waals surface area contributed by atoms with Gasteiger partial charge in [0.25, 0.3) is 5.91 Å². The van der Waals surface area contributed by atoms with Gasteiger partial charge < -0.3 is 16.0 Å². The lowest BCUT2D eigenvalue weighted by molar-refractivity contribution is 0.102. The van der Waals surface area contributed by atoms with Crippen molar-refractivity contribution in [1.82, 2.24) is 15.0 Å². The number of amides is 3. The van der Waals surface area contributed by atoms with Gasteiger partial charge in [-0.25, -0.2) is 9.48 Å². The van der Waals surface area contributed by atoms with Crippen molar-refractivity contribution in [2.75, 3.05) is 16.0 Å². The minimum absolute atomic E-state index is 0.232. The van der Waals surface area contributed by atoms with Crippen molar-refractivity contribution >= 4 is 29.0 Å². The molecule has 1 heterocycles. The molecule has 0 atom stereocenters. The number of nitrogens with zero attached hydrogens (tertiary/aromatic N) is 3. The van der Waals surface area contributed by atoms with E-state index in [1.165, 1.54) is 0 Å². The van der Waals surface area contributed by atoms with E-state index in [1.807, 2.05) is 62.4 Å². The molecule has 8 heteroatoms. The number of carbonyl (C=O) groups is 2. The number of carbonyl (C=O) groups excluding carboxylic acids is 2. The van der Waals surface area contributed by atoms with E-state index in [0.29, 0.717) is 22.8 Å². The maximum atomic E-state index is 12.9. The normalized spacial score (nSPS) is 10.5. The van der Waals surface area contributed by atoms with Crippen LogP contribution < -0.4 is 16.0 Å². The highest BCUT2D eigenvalue weighted by Gasteiger charge is 2.18. The zero-order chi connectivity index (χ0) is 23.4. The predicted octanol–water partition coefficient (Wildman–Crippen LogP) is 5.09. The van der Waals surface area contributed by atoms with E-state index in [9.17, 15) is 9.59 Å². The van der Waals surface area contributed by atoms with E-state index < -0.39 is 0 Å². The number of hydrogen-bond acceptors (Lipinski definition) is 4. The van der Waals surface area contributed by atoms with Crippen molar-refractivity contribution in [2.45, 2.75) is 20.8 Å². The van der Waals surface area contributed by atoms with Crippen molar-refractivity contribution in [3.05, 3.63) is 95.3 Å². The first-order valence-electron chi connectivity index (χ1n) is 10.4. The number of benzene rings is 3. The van der Waals surface area contributed by atoms with Crippen molar-refractivity contribution in [3.8, 4) is 5.69 Å². The number of aromatic nitrogens is 3. The molecule has 0 spiro atoms. The van der Waals surface area contributed by atoms with Crippen molar-refractivity contribution in [2.24, 2.45) is 0 Å². The molecule has 3 amide bonds. The molecular formula is C25H24N6O2. The number of rotatable bonds is 5.